The van der Waals surface area contributed by atoms with Crippen LogP contribution in [0.1, 0.15) is 27.0 Å². The molecule has 0 bridgehead atoms. The summed E-state index contributed by atoms with van der Waals surface area (Å²) in [6.45, 7) is 0. The van der Waals surface area contributed by atoms with Gasteiger partial charge in [-0.15, -0.1) is 11.6 Å². The Morgan fingerprint density at radius 2 is 1.77 bits per heavy atom. The number of fused-ring (bicyclic) bond motifs is 6. The van der Waals surface area contributed by atoms with E-state index in [9.17, 15) is 19.8 Å². The monoisotopic (exact) mass is 423 g/mol. The van der Waals surface area contributed by atoms with E-state index in [0.717, 1.165) is 0 Å². The van der Waals surface area contributed by atoms with Gasteiger partial charge in [0.25, 0.3) is 0 Å². The molecule has 0 saturated heterocycles. The number of esters is 1. The second-order valence-corrected chi connectivity index (χ2v) is 7.21. The van der Waals surface area contributed by atoms with E-state index in [1.54, 1.807) is 30.3 Å². The zero-order valence-corrected chi connectivity index (χ0v) is 16.1. The van der Waals surface area contributed by atoms with E-state index in [0.29, 0.717) is 22.3 Å². The van der Waals surface area contributed by atoms with Crippen LogP contribution in [0, 0.1) is 0 Å². The summed E-state index contributed by atoms with van der Waals surface area (Å²) in [6.07, 6.45) is 0. The van der Waals surface area contributed by atoms with Crippen LogP contribution in [-0.2, 0) is 15.1 Å². The fourth-order valence-corrected chi connectivity index (χ4v) is 4.14. The number of nitrogens with one attached hydrogen (secondary N) is 1. The molecule has 0 aromatic heterocycles. The second kappa shape index (κ2) is 6.40. The van der Waals surface area contributed by atoms with Crippen molar-refractivity contribution in [3.63, 3.8) is 0 Å². The number of phenolic OH excluding ortho intramolecular Hbond substituents is 2. The maximum absolute atomic E-state index is 12.8. The van der Waals surface area contributed by atoms with Gasteiger partial charge in [0.1, 0.15) is 28.9 Å². The van der Waals surface area contributed by atoms with Crippen molar-refractivity contribution >= 4 is 29.2 Å². The minimum absolute atomic E-state index is 0.0409. The van der Waals surface area contributed by atoms with Gasteiger partial charge in [0, 0.05) is 29.3 Å². The van der Waals surface area contributed by atoms with E-state index in [1.165, 1.54) is 24.3 Å². The number of aromatic hydroxyl groups is 2. The van der Waals surface area contributed by atoms with Gasteiger partial charge < -0.3 is 25.0 Å². The SMILES string of the molecule is O=C(CCl)Nc1cc(O)cc2c1C1(OC(=O)c3ccccc31)c1ccc(O)cc1O2. The molecule has 2 aliphatic heterocycles. The number of ether oxygens (including phenoxy) is 2. The van der Waals surface area contributed by atoms with Crippen LogP contribution in [0.25, 0.3) is 0 Å². The molecule has 1 unspecified atom stereocenters. The number of halogens is 1. The lowest BCUT2D eigenvalue weighted by Crippen LogP contribution is -2.34. The van der Waals surface area contributed by atoms with Crippen LogP contribution in [0.15, 0.2) is 54.6 Å². The number of rotatable bonds is 2. The molecule has 150 valence electrons. The summed E-state index contributed by atoms with van der Waals surface area (Å²) in [7, 11) is 0. The number of benzene rings is 3. The molecule has 2 aliphatic rings. The molecule has 0 aliphatic carbocycles. The lowest BCUT2D eigenvalue weighted by Gasteiger charge is -2.37. The number of amides is 1. The van der Waals surface area contributed by atoms with Gasteiger partial charge in [-0.05, 0) is 18.2 Å². The molecule has 1 spiro atoms. The third kappa shape index (κ3) is 2.45. The number of carbonyl (C=O) groups excluding carboxylic acids is 2. The summed E-state index contributed by atoms with van der Waals surface area (Å²) in [6, 6.07) is 14.1. The van der Waals surface area contributed by atoms with E-state index in [2.05, 4.69) is 5.32 Å². The molecule has 3 N–H and O–H groups in total. The van der Waals surface area contributed by atoms with Gasteiger partial charge in [-0.1, -0.05) is 18.2 Å². The molecule has 2 heterocycles. The summed E-state index contributed by atoms with van der Waals surface area (Å²) in [4.78, 5) is 24.9. The Morgan fingerprint density at radius 1 is 1.00 bits per heavy atom. The lowest BCUT2D eigenvalue weighted by molar-refractivity contribution is -0.113. The van der Waals surface area contributed by atoms with Gasteiger partial charge in [-0.3, -0.25) is 4.79 Å². The molecular weight excluding hydrogens is 410 g/mol. The Labute approximate surface area is 175 Å². The smallest absolute Gasteiger partial charge is 0.340 e. The highest BCUT2D eigenvalue weighted by atomic mass is 35.5. The second-order valence-electron chi connectivity index (χ2n) is 6.95. The predicted octanol–water partition coefficient (Wildman–Crippen LogP) is 3.84. The molecule has 0 fully saturated rings. The first-order valence-electron chi connectivity index (χ1n) is 9.01. The molecule has 7 nitrogen and oxygen atoms in total. The molecule has 1 amide bonds. The van der Waals surface area contributed by atoms with E-state index in [4.69, 9.17) is 21.1 Å². The molecule has 30 heavy (non-hydrogen) atoms. The highest BCUT2D eigenvalue weighted by Gasteiger charge is 2.55. The lowest BCUT2D eigenvalue weighted by atomic mass is 9.77. The molecule has 0 saturated carbocycles. The van der Waals surface area contributed by atoms with Crippen LogP contribution < -0.4 is 10.1 Å². The highest BCUT2D eigenvalue weighted by Crippen LogP contribution is 2.59. The highest BCUT2D eigenvalue weighted by molar-refractivity contribution is 6.29. The predicted molar refractivity (Wildman–Crippen MR) is 107 cm³/mol. The molecule has 3 aromatic rings. The van der Waals surface area contributed by atoms with Gasteiger partial charge in [0.05, 0.1) is 16.8 Å². The van der Waals surface area contributed by atoms with Crippen LogP contribution in [0.5, 0.6) is 23.0 Å². The van der Waals surface area contributed by atoms with Crippen molar-refractivity contribution in [2.45, 2.75) is 5.60 Å². The van der Waals surface area contributed by atoms with Gasteiger partial charge >= 0.3 is 5.97 Å². The standard InChI is InChI=1S/C22H14ClNO6/c23-10-19(27)24-16-7-12(26)9-18-20(16)22(15-6-5-11(25)8-17(15)29-18)14-4-2-1-3-13(14)21(28)30-22/h1-9,25-26H,10H2,(H,24,27). The Hall–Kier alpha value is -3.71. The van der Waals surface area contributed by atoms with Crippen molar-refractivity contribution in [3.8, 4) is 23.0 Å². The van der Waals surface area contributed by atoms with Gasteiger partial charge in [0.15, 0.2) is 5.60 Å². The minimum atomic E-state index is -1.45. The van der Waals surface area contributed by atoms with Crippen molar-refractivity contribution in [2.75, 3.05) is 11.2 Å². The summed E-state index contributed by atoms with van der Waals surface area (Å²) in [5, 5.41) is 22.8. The zero-order chi connectivity index (χ0) is 21.0. The van der Waals surface area contributed by atoms with Gasteiger partial charge in [-0.2, -0.15) is 0 Å². The van der Waals surface area contributed by atoms with Crippen LogP contribution in [0.4, 0.5) is 5.69 Å². The third-order valence-corrected chi connectivity index (χ3v) is 5.41. The Bertz CT molecular complexity index is 1240. The van der Waals surface area contributed by atoms with Crippen molar-refractivity contribution in [3.05, 3.63) is 76.9 Å². The number of carbonyl (C=O) groups is 2. The average molecular weight is 424 g/mol. The Balaban J connectivity index is 1.89. The Kier molecular flexibility index (Phi) is 3.91. The van der Waals surface area contributed by atoms with Gasteiger partial charge in [-0.25, -0.2) is 4.79 Å². The van der Waals surface area contributed by atoms with Crippen molar-refractivity contribution in [1.82, 2.24) is 0 Å². The normalized spacial score (nSPS) is 18.1. The summed E-state index contributed by atoms with van der Waals surface area (Å²) >= 11 is 5.66. The minimum Gasteiger partial charge on any atom is -0.508 e. The maximum Gasteiger partial charge on any atom is 0.340 e. The van der Waals surface area contributed by atoms with E-state index < -0.39 is 17.5 Å². The van der Waals surface area contributed by atoms with Crippen LogP contribution in [0.2, 0.25) is 0 Å². The Morgan fingerprint density at radius 3 is 2.57 bits per heavy atom. The van der Waals surface area contributed by atoms with Crippen molar-refractivity contribution < 1.29 is 29.3 Å². The van der Waals surface area contributed by atoms with Crippen LogP contribution >= 0.6 is 11.6 Å². The summed E-state index contributed by atoms with van der Waals surface area (Å²) in [5.41, 5.74) is 0.477. The fraction of sp³-hybridized carbons (Fsp3) is 0.0909. The maximum atomic E-state index is 12.8. The molecule has 1 atom stereocenters. The molecular formula is C22H14ClNO6. The summed E-state index contributed by atoms with van der Waals surface area (Å²) in [5.74, 6) is -1.14. The first-order chi connectivity index (χ1) is 14.4. The fourth-order valence-electron chi connectivity index (χ4n) is 4.07. The van der Waals surface area contributed by atoms with Crippen LogP contribution in [0.3, 0.4) is 0 Å². The molecule has 0 radical (unpaired) electrons. The number of phenols is 2. The molecule has 5 rings (SSSR count). The third-order valence-electron chi connectivity index (χ3n) is 5.17. The largest absolute Gasteiger partial charge is 0.508 e. The topological polar surface area (TPSA) is 105 Å². The van der Waals surface area contributed by atoms with Gasteiger partial charge in [0.2, 0.25) is 5.91 Å². The molecule has 3 aromatic carbocycles. The first-order valence-corrected chi connectivity index (χ1v) is 9.55. The van der Waals surface area contributed by atoms with Crippen LogP contribution in [-0.4, -0.2) is 28.0 Å². The number of hydrogen-bond donors (Lipinski definition) is 3. The van der Waals surface area contributed by atoms with E-state index in [-0.39, 0.29) is 34.6 Å². The van der Waals surface area contributed by atoms with E-state index in [1.807, 2.05) is 0 Å². The number of alkyl halides is 1. The first kappa shape index (κ1) is 18.3. The van der Waals surface area contributed by atoms with Crippen molar-refractivity contribution in [1.29, 1.82) is 0 Å². The van der Waals surface area contributed by atoms with E-state index >= 15 is 0 Å². The average Bonchev–Trinajstić information content (AvgIpc) is 3.00. The summed E-state index contributed by atoms with van der Waals surface area (Å²) < 4.78 is 11.9. The molecule has 8 heteroatoms. The zero-order valence-electron chi connectivity index (χ0n) is 15.3. The van der Waals surface area contributed by atoms with Crippen molar-refractivity contribution in [2.24, 2.45) is 0 Å². The number of anilines is 1. The quantitative estimate of drug-likeness (QED) is 0.427. The number of hydrogen-bond acceptors (Lipinski definition) is 6.